The van der Waals surface area contributed by atoms with Gasteiger partial charge in [-0.1, -0.05) is 17.3 Å². The molecule has 1 aliphatic rings. The monoisotopic (exact) mass is 299 g/mol. The van der Waals surface area contributed by atoms with Crippen LogP contribution >= 0.6 is 0 Å². The fourth-order valence-electron chi connectivity index (χ4n) is 1.90. The molecule has 2 rings (SSSR count). The van der Waals surface area contributed by atoms with Crippen molar-refractivity contribution in [3.05, 3.63) is 29.8 Å². The van der Waals surface area contributed by atoms with Crippen molar-refractivity contribution >= 4 is 6.21 Å². The standard InChI is InChI=1S/C13H17NO7/c15-6-9-10(17)11(18)12(19)13(20-9)21-14-5-7-3-1-2-4-8(7)16/h1-5,9-13,15-19H,6H2/b14-5+/t9-,10-,11+,12-,13+/m1/s1. The zero-order valence-electron chi connectivity index (χ0n) is 11.0. The molecule has 1 aromatic carbocycles. The lowest BCUT2D eigenvalue weighted by atomic mass is 9.99. The van der Waals surface area contributed by atoms with Crippen molar-refractivity contribution < 1.29 is 35.1 Å². The summed E-state index contributed by atoms with van der Waals surface area (Å²) in [6.45, 7) is -0.548. The number of phenols is 1. The lowest BCUT2D eigenvalue weighted by molar-refractivity contribution is -0.301. The van der Waals surface area contributed by atoms with Crippen molar-refractivity contribution in [1.29, 1.82) is 0 Å². The largest absolute Gasteiger partial charge is 0.507 e. The first-order valence-corrected chi connectivity index (χ1v) is 6.32. The van der Waals surface area contributed by atoms with E-state index in [9.17, 15) is 20.4 Å². The van der Waals surface area contributed by atoms with Gasteiger partial charge in [0.15, 0.2) is 0 Å². The number of para-hydroxylation sites is 1. The summed E-state index contributed by atoms with van der Waals surface area (Å²) in [6.07, 6.45) is -5.70. The fraction of sp³-hybridized carbons (Fsp3) is 0.462. The maximum atomic E-state index is 9.71. The van der Waals surface area contributed by atoms with Crippen LogP contribution in [-0.2, 0) is 9.57 Å². The van der Waals surface area contributed by atoms with Crippen LogP contribution in [0.3, 0.4) is 0 Å². The molecule has 0 bridgehead atoms. The van der Waals surface area contributed by atoms with Gasteiger partial charge < -0.3 is 35.1 Å². The number of oxime groups is 1. The van der Waals surface area contributed by atoms with Crippen LogP contribution in [0.5, 0.6) is 5.75 Å². The lowest BCUT2D eigenvalue weighted by Crippen LogP contribution is -2.58. The maximum Gasteiger partial charge on any atom is 0.256 e. The second kappa shape index (κ2) is 6.83. The molecule has 8 heteroatoms. The van der Waals surface area contributed by atoms with Gasteiger partial charge in [0.1, 0.15) is 30.2 Å². The number of nitrogens with zero attached hydrogens (tertiary/aromatic N) is 1. The highest BCUT2D eigenvalue weighted by molar-refractivity contribution is 5.82. The van der Waals surface area contributed by atoms with Gasteiger partial charge in [-0.2, -0.15) is 0 Å². The van der Waals surface area contributed by atoms with Crippen LogP contribution in [0.15, 0.2) is 29.4 Å². The molecule has 8 nitrogen and oxygen atoms in total. The predicted octanol–water partition coefficient (Wildman–Crippen LogP) is -1.46. The minimum absolute atomic E-state index is 0.00125. The van der Waals surface area contributed by atoms with Gasteiger partial charge in [0.05, 0.1) is 12.8 Å². The summed E-state index contributed by atoms with van der Waals surface area (Å²) in [5.41, 5.74) is 0.391. The number of phenolic OH excluding ortho intramolecular Hbond substituents is 1. The van der Waals surface area contributed by atoms with Gasteiger partial charge in [-0.3, -0.25) is 0 Å². The zero-order chi connectivity index (χ0) is 15.4. The average Bonchev–Trinajstić information content (AvgIpc) is 2.49. The van der Waals surface area contributed by atoms with Crippen LogP contribution in [0.1, 0.15) is 5.56 Å². The first-order valence-electron chi connectivity index (χ1n) is 6.32. The molecule has 116 valence electrons. The number of ether oxygens (including phenoxy) is 1. The minimum Gasteiger partial charge on any atom is -0.507 e. The number of hydrogen-bond acceptors (Lipinski definition) is 8. The normalized spacial score (nSPS) is 33.2. The molecule has 1 aromatic rings. The molecule has 5 atom stereocenters. The van der Waals surface area contributed by atoms with Crippen molar-refractivity contribution in [1.82, 2.24) is 0 Å². The Morgan fingerprint density at radius 2 is 1.86 bits per heavy atom. The minimum atomic E-state index is -1.53. The van der Waals surface area contributed by atoms with Crippen LogP contribution in [0.4, 0.5) is 0 Å². The van der Waals surface area contributed by atoms with Crippen LogP contribution in [0, 0.1) is 0 Å². The van der Waals surface area contributed by atoms with E-state index in [0.29, 0.717) is 5.56 Å². The molecule has 1 aliphatic heterocycles. The number of aliphatic hydroxyl groups is 4. The Kier molecular flexibility index (Phi) is 5.10. The average molecular weight is 299 g/mol. The third kappa shape index (κ3) is 3.49. The molecule has 21 heavy (non-hydrogen) atoms. The highest BCUT2D eigenvalue weighted by Crippen LogP contribution is 2.22. The Balaban J connectivity index is 2.00. The van der Waals surface area contributed by atoms with Gasteiger partial charge in [-0.25, -0.2) is 0 Å². The number of rotatable bonds is 4. The first kappa shape index (κ1) is 15.7. The molecule has 1 fully saturated rings. The summed E-state index contributed by atoms with van der Waals surface area (Å²) in [4.78, 5) is 4.91. The summed E-state index contributed by atoms with van der Waals surface area (Å²) in [5, 5.41) is 51.0. The van der Waals surface area contributed by atoms with Gasteiger partial charge in [0, 0.05) is 5.56 Å². The van der Waals surface area contributed by atoms with Crippen molar-refractivity contribution in [3.8, 4) is 5.75 Å². The van der Waals surface area contributed by atoms with Crippen LogP contribution in [0.2, 0.25) is 0 Å². The molecular formula is C13H17NO7. The van der Waals surface area contributed by atoms with E-state index < -0.39 is 37.3 Å². The second-order valence-corrected chi connectivity index (χ2v) is 4.60. The van der Waals surface area contributed by atoms with Crippen molar-refractivity contribution in [2.45, 2.75) is 30.7 Å². The highest BCUT2D eigenvalue weighted by Gasteiger charge is 2.44. The smallest absolute Gasteiger partial charge is 0.256 e. The molecular weight excluding hydrogens is 282 g/mol. The fourth-order valence-corrected chi connectivity index (χ4v) is 1.90. The summed E-state index contributed by atoms with van der Waals surface area (Å²) in [7, 11) is 0. The zero-order valence-corrected chi connectivity index (χ0v) is 11.0. The topological polar surface area (TPSA) is 132 Å². The Bertz CT molecular complexity index is 493. The second-order valence-electron chi connectivity index (χ2n) is 4.60. The maximum absolute atomic E-state index is 9.71. The first-order chi connectivity index (χ1) is 10.0. The van der Waals surface area contributed by atoms with Gasteiger partial charge in [-0.15, -0.1) is 0 Å². The van der Waals surface area contributed by atoms with E-state index in [1.165, 1.54) is 12.3 Å². The number of benzene rings is 1. The van der Waals surface area contributed by atoms with E-state index in [4.69, 9.17) is 14.7 Å². The molecule has 1 heterocycles. The summed E-state index contributed by atoms with van der Waals surface area (Å²) < 4.78 is 5.09. The lowest BCUT2D eigenvalue weighted by Gasteiger charge is -2.38. The quantitative estimate of drug-likeness (QED) is 0.339. The molecule has 0 saturated carbocycles. The summed E-state index contributed by atoms with van der Waals surface area (Å²) in [6, 6.07) is 6.39. The Morgan fingerprint density at radius 1 is 1.14 bits per heavy atom. The van der Waals surface area contributed by atoms with Crippen molar-refractivity contribution in [3.63, 3.8) is 0 Å². The Morgan fingerprint density at radius 3 is 2.52 bits per heavy atom. The van der Waals surface area contributed by atoms with E-state index in [2.05, 4.69) is 5.16 Å². The molecule has 5 N–H and O–H groups in total. The van der Waals surface area contributed by atoms with E-state index in [-0.39, 0.29) is 5.75 Å². The third-order valence-electron chi connectivity index (χ3n) is 3.14. The number of aliphatic hydroxyl groups excluding tert-OH is 4. The Labute approximate surface area is 120 Å². The summed E-state index contributed by atoms with van der Waals surface area (Å²) in [5.74, 6) is -0.00125. The predicted molar refractivity (Wildman–Crippen MR) is 70.6 cm³/mol. The summed E-state index contributed by atoms with van der Waals surface area (Å²) >= 11 is 0. The van der Waals surface area contributed by atoms with Crippen molar-refractivity contribution in [2.24, 2.45) is 5.16 Å². The van der Waals surface area contributed by atoms with E-state index in [0.717, 1.165) is 0 Å². The molecule has 1 saturated heterocycles. The van der Waals surface area contributed by atoms with Gasteiger partial charge in [0.2, 0.25) is 0 Å². The third-order valence-corrected chi connectivity index (χ3v) is 3.14. The molecule has 0 amide bonds. The molecule has 0 aromatic heterocycles. The molecule has 0 radical (unpaired) electrons. The van der Waals surface area contributed by atoms with Gasteiger partial charge in [-0.05, 0) is 12.1 Å². The van der Waals surface area contributed by atoms with Gasteiger partial charge in [0.25, 0.3) is 6.29 Å². The van der Waals surface area contributed by atoms with E-state index in [1.54, 1.807) is 18.2 Å². The van der Waals surface area contributed by atoms with Crippen LogP contribution in [0.25, 0.3) is 0 Å². The number of aromatic hydroxyl groups is 1. The highest BCUT2D eigenvalue weighted by atomic mass is 16.8. The van der Waals surface area contributed by atoms with Crippen LogP contribution in [-0.4, -0.2) is 69.1 Å². The van der Waals surface area contributed by atoms with Crippen molar-refractivity contribution in [2.75, 3.05) is 6.61 Å². The SMILES string of the molecule is OC[C@H]1O[C@@H](O/N=C/c2ccccc2O)[C@H](O)[C@@H](O)[C@@H]1O. The van der Waals surface area contributed by atoms with E-state index >= 15 is 0 Å². The molecule has 0 aliphatic carbocycles. The van der Waals surface area contributed by atoms with Gasteiger partial charge >= 0.3 is 0 Å². The molecule has 0 spiro atoms. The van der Waals surface area contributed by atoms with E-state index in [1.807, 2.05) is 0 Å². The Hall–Kier alpha value is -1.71. The molecule has 0 unspecified atom stereocenters. The number of hydrogen-bond donors (Lipinski definition) is 5. The van der Waals surface area contributed by atoms with Crippen LogP contribution < -0.4 is 0 Å².